The summed E-state index contributed by atoms with van der Waals surface area (Å²) in [4.78, 5) is 12.8. The number of rotatable bonds is 6. The number of likely N-dealkylation sites (N-methyl/N-ethyl adjacent to an activating group) is 1. The third kappa shape index (κ3) is 3.27. The van der Waals surface area contributed by atoms with Crippen molar-refractivity contribution in [1.29, 1.82) is 0 Å². The van der Waals surface area contributed by atoms with E-state index in [1.807, 2.05) is 32.7 Å². The van der Waals surface area contributed by atoms with Crippen LogP contribution in [0, 0.1) is 0 Å². The molecule has 0 aromatic carbocycles. The highest BCUT2D eigenvalue weighted by Crippen LogP contribution is 2.19. The maximum atomic E-state index is 11.0. The van der Waals surface area contributed by atoms with Crippen LogP contribution in [-0.4, -0.2) is 48.3 Å². The Bertz CT molecular complexity index is 192. The predicted octanol–water partition coefficient (Wildman–Crippen LogP) is 1.21. The zero-order valence-electron chi connectivity index (χ0n) is 9.70. The van der Waals surface area contributed by atoms with Gasteiger partial charge < -0.3 is 9.84 Å². The van der Waals surface area contributed by atoms with Gasteiger partial charge in [-0.25, -0.2) is 0 Å². The minimum atomic E-state index is -0.837. The normalized spacial score (nSPS) is 14.4. The summed E-state index contributed by atoms with van der Waals surface area (Å²) in [7, 11) is 3.34. The highest BCUT2D eigenvalue weighted by molar-refractivity contribution is 5.73. The topological polar surface area (TPSA) is 49.8 Å². The average molecular weight is 203 g/mol. The van der Waals surface area contributed by atoms with Crippen LogP contribution < -0.4 is 0 Å². The van der Waals surface area contributed by atoms with E-state index >= 15 is 0 Å². The summed E-state index contributed by atoms with van der Waals surface area (Å²) >= 11 is 0. The van der Waals surface area contributed by atoms with E-state index in [2.05, 4.69) is 0 Å². The molecule has 0 fully saturated rings. The molecule has 0 aliphatic carbocycles. The van der Waals surface area contributed by atoms with Crippen LogP contribution in [0.15, 0.2) is 0 Å². The molecule has 1 unspecified atom stereocenters. The SMILES string of the molecule is CCC(C)(C)N(C)C(COC)C(=O)O. The smallest absolute Gasteiger partial charge is 0.323 e. The van der Waals surface area contributed by atoms with E-state index in [9.17, 15) is 4.79 Å². The molecule has 0 saturated carbocycles. The van der Waals surface area contributed by atoms with Gasteiger partial charge in [-0.05, 0) is 27.3 Å². The number of nitrogens with zero attached hydrogens (tertiary/aromatic N) is 1. The Kier molecular flexibility index (Phi) is 5.08. The Morgan fingerprint density at radius 1 is 1.57 bits per heavy atom. The van der Waals surface area contributed by atoms with Crippen molar-refractivity contribution in [3.05, 3.63) is 0 Å². The van der Waals surface area contributed by atoms with Crippen LogP contribution in [0.2, 0.25) is 0 Å². The number of hydrogen-bond donors (Lipinski definition) is 1. The lowest BCUT2D eigenvalue weighted by molar-refractivity contribution is -0.147. The van der Waals surface area contributed by atoms with Gasteiger partial charge in [-0.1, -0.05) is 6.92 Å². The number of carboxylic acids is 1. The first-order valence-corrected chi connectivity index (χ1v) is 4.81. The maximum Gasteiger partial charge on any atom is 0.323 e. The van der Waals surface area contributed by atoms with E-state index < -0.39 is 12.0 Å². The number of ether oxygens (including phenoxy) is 1. The quantitative estimate of drug-likeness (QED) is 0.705. The Balaban J connectivity index is 4.58. The molecule has 0 amide bonds. The molecule has 0 aliphatic heterocycles. The molecule has 0 spiro atoms. The highest BCUT2D eigenvalue weighted by Gasteiger charge is 2.32. The highest BCUT2D eigenvalue weighted by atomic mass is 16.5. The van der Waals surface area contributed by atoms with E-state index in [4.69, 9.17) is 9.84 Å². The predicted molar refractivity (Wildman–Crippen MR) is 55.4 cm³/mol. The summed E-state index contributed by atoms with van der Waals surface area (Å²) in [5.41, 5.74) is -0.123. The number of hydrogen-bond acceptors (Lipinski definition) is 3. The number of carbonyl (C=O) groups is 1. The number of carboxylic acid groups (broad SMARTS) is 1. The first-order valence-electron chi connectivity index (χ1n) is 4.81. The van der Waals surface area contributed by atoms with Gasteiger partial charge in [0.2, 0.25) is 0 Å². The largest absolute Gasteiger partial charge is 0.480 e. The molecule has 0 heterocycles. The molecule has 0 radical (unpaired) electrons. The zero-order valence-corrected chi connectivity index (χ0v) is 9.70. The Hall–Kier alpha value is -0.610. The lowest BCUT2D eigenvalue weighted by Gasteiger charge is -2.38. The third-order valence-electron chi connectivity index (χ3n) is 2.90. The summed E-state index contributed by atoms with van der Waals surface area (Å²) in [5.74, 6) is -0.837. The van der Waals surface area contributed by atoms with E-state index in [1.165, 1.54) is 7.11 Å². The molecule has 1 N–H and O–H groups in total. The molecule has 14 heavy (non-hydrogen) atoms. The molecule has 0 aliphatic rings. The first-order chi connectivity index (χ1) is 6.36. The lowest BCUT2D eigenvalue weighted by atomic mass is 9.98. The van der Waals surface area contributed by atoms with Crippen LogP contribution in [0.3, 0.4) is 0 Å². The molecule has 0 bridgehead atoms. The molecule has 1 atom stereocenters. The molecule has 4 heteroatoms. The van der Waals surface area contributed by atoms with Gasteiger partial charge in [-0.2, -0.15) is 0 Å². The van der Waals surface area contributed by atoms with E-state index in [0.29, 0.717) is 0 Å². The maximum absolute atomic E-state index is 11.0. The molecule has 0 aromatic rings. The minimum Gasteiger partial charge on any atom is -0.480 e. The van der Waals surface area contributed by atoms with E-state index in [0.717, 1.165) is 6.42 Å². The second-order valence-corrected chi connectivity index (χ2v) is 4.09. The summed E-state index contributed by atoms with van der Waals surface area (Å²) in [6.07, 6.45) is 0.900. The van der Waals surface area contributed by atoms with Crippen LogP contribution in [0.5, 0.6) is 0 Å². The van der Waals surface area contributed by atoms with Crippen LogP contribution in [0.4, 0.5) is 0 Å². The van der Waals surface area contributed by atoms with Gasteiger partial charge in [0.05, 0.1) is 6.61 Å². The van der Waals surface area contributed by atoms with Crippen molar-refractivity contribution in [1.82, 2.24) is 4.90 Å². The van der Waals surface area contributed by atoms with E-state index in [-0.39, 0.29) is 12.1 Å². The van der Waals surface area contributed by atoms with Gasteiger partial charge in [-0.3, -0.25) is 9.69 Å². The van der Waals surface area contributed by atoms with Crippen molar-refractivity contribution >= 4 is 5.97 Å². The molecular formula is C10H21NO3. The molecular weight excluding hydrogens is 182 g/mol. The Morgan fingerprint density at radius 2 is 2.07 bits per heavy atom. The van der Waals surface area contributed by atoms with Gasteiger partial charge in [0.25, 0.3) is 0 Å². The zero-order chi connectivity index (χ0) is 11.4. The Morgan fingerprint density at radius 3 is 2.36 bits per heavy atom. The standard InChI is InChI=1S/C10H21NO3/c1-6-10(2,3)11(4)8(7-14-5)9(12)13/h8H,6-7H2,1-5H3,(H,12,13). The van der Waals surface area contributed by atoms with Crippen LogP contribution in [0.25, 0.3) is 0 Å². The summed E-state index contributed by atoms with van der Waals surface area (Å²) in [6.45, 7) is 6.31. The monoisotopic (exact) mass is 203 g/mol. The van der Waals surface area contributed by atoms with Crippen LogP contribution >= 0.6 is 0 Å². The fourth-order valence-electron chi connectivity index (χ4n) is 1.18. The van der Waals surface area contributed by atoms with Crippen molar-refractivity contribution in [2.24, 2.45) is 0 Å². The second-order valence-electron chi connectivity index (χ2n) is 4.09. The molecule has 0 saturated heterocycles. The first kappa shape index (κ1) is 13.4. The fourth-order valence-corrected chi connectivity index (χ4v) is 1.18. The van der Waals surface area contributed by atoms with E-state index in [1.54, 1.807) is 0 Å². The van der Waals surface area contributed by atoms with Gasteiger partial charge >= 0.3 is 5.97 Å². The van der Waals surface area contributed by atoms with Crippen molar-refractivity contribution in [3.63, 3.8) is 0 Å². The van der Waals surface area contributed by atoms with Crippen LogP contribution in [-0.2, 0) is 9.53 Å². The fraction of sp³-hybridized carbons (Fsp3) is 0.900. The Labute approximate surface area is 85.9 Å². The summed E-state index contributed by atoms with van der Waals surface area (Å²) in [6, 6.07) is -0.574. The molecule has 0 aromatic heterocycles. The molecule has 4 nitrogen and oxygen atoms in total. The second kappa shape index (κ2) is 5.32. The molecule has 84 valence electrons. The number of aliphatic carboxylic acids is 1. The third-order valence-corrected chi connectivity index (χ3v) is 2.90. The minimum absolute atomic E-state index is 0.123. The van der Waals surface area contributed by atoms with Crippen molar-refractivity contribution in [2.75, 3.05) is 20.8 Å². The van der Waals surface area contributed by atoms with Crippen LogP contribution in [0.1, 0.15) is 27.2 Å². The van der Waals surface area contributed by atoms with Gasteiger partial charge in [0.15, 0.2) is 0 Å². The van der Waals surface area contributed by atoms with Crippen molar-refractivity contribution in [2.45, 2.75) is 38.8 Å². The molecule has 0 rings (SSSR count). The van der Waals surface area contributed by atoms with Gasteiger partial charge in [0.1, 0.15) is 6.04 Å². The van der Waals surface area contributed by atoms with Gasteiger partial charge in [-0.15, -0.1) is 0 Å². The average Bonchev–Trinajstić information content (AvgIpc) is 2.12. The summed E-state index contributed by atoms with van der Waals surface area (Å²) in [5, 5.41) is 9.01. The van der Waals surface area contributed by atoms with Gasteiger partial charge in [0, 0.05) is 12.6 Å². The number of methoxy groups -OCH3 is 1. The summed E-state index contributed by atoms with van der Waals surface area (Å²) < 4.78 is 4.90. The van der Waals surface area contributed by atoms with Crippen molar-refractivity contribution < 1.29 is 14.6 Å². The lowest BCUT2D eigenvalue weighted by Crippen LogP contribution is -2.52. The van der Waals surface area contributed by atoms with Crippen molar-refractivity contribution in [3.8, 4) is 0 Å².